The van der Waals surface area contributed by atoms with Gasteiger partial charge in [0.15, 0.2) is 0 Å². The summed E-state index contributed by atoms with van der Waals surface area (Å²) in [6.45, 7) is 1.64. The van der Waals surface area contributed by atoms with E-state index in [9.17, 15) is 19.7 Å². The molecule has 1 aromatic carbocycles. The SMILES string of the molecule is Cc1ccc([N+](=O)[O-])c2c1C(=O)N(c1cccnc1)C2=O. The number of carbonyl (C=O) groups is 2. The molecular weight excluding hydrogens is 274 g/mol. The third kappa shape index (κ3) is 1.78. The number of aryl methyl sites for hydroxylation is 1. The molecule has 0 unspecified atom stereocenters. The molecule has 0 bridgehead atoms. The number of hydrogen-bond donors (Lipinski definition) is 0. The van der Waals surface area contributed by atoms with Gasteiger partial charge in [-0.15, -0.1) is 0 Å². The maximum atomic E-state index is 12.5. The number of carbonyl (C=O) groups excluding carboxylic acids is 2. The highest BCUT2D eigenvalue weighted by Crippen LogP contribution is 2.35. The number of benzene rings is 1. The third-order valence-corrected chi connectivity index (χ3v) is 3.33. The first kappa shape index (κ1) is 12.9. The summed E-state index contributed by atoms with van der Waals surface area (Å²) >= 11 is 0. The summed E-state index contributed by atoms with van der Waals surface area (Å²) in [5.41, 5.74) is 0.380. The highest BCUT2D eigenvalue weighted by Gasteiger charge is 2.43. The Hall–Kier alpha value is -3.09. The van der Waals surface area contributed by atoms with Gasteiger partial charge in [0.25, 0.3) is 17.5 Å². The minimum atomic E-state index is -0.696. The van der Waals surface area contributed by atoms with Gasteiger partial charge in [0.1, 0.15) is 5.56 Å². The van der Waals surface area contributed by atoms with E-state index in [1.807, 2.05) is 0 Å². The van der Waals surface area contributed by atoms with E-state index in [0.29, 0.717) is 5.56 Å². The van der Waals surface area contributed by atoms with Gasteiger partial charge in [-0.1, -0.05) is 6.07 Å². The van der Waals surface area contributed by atoms with Crippen LogP contribution >= 0.6 is 0 Å². The zero-order valence-electron chi connectivity index (χ0n) is 10.9. The molecular formula is C14H9N3O4. The van der Waals surface area contributed by atoms with E-state index in [0.717, 1.165) is 4.90 Å². The number of rotatable bonds is 2. The Kier molecular flexibility index (Phi) is 2.76. The van der Waals surface area contributed by atoms with Crippen molar-refractivity contribution in [1.82, 2.24) is 4.98 Å². The topological polar surface area (TPSA) is 93.4 Å². The average Bonchev–Trinajstić information content (AvgIpc) is 2.73. The van der Waals surface area contributed by atoms with E-state index in [-0.39, 0.29) is 22.5 Å². The van der Waals surface area contributed by atoms with Crippen LogP contribution in [0.1, 0.15) is 26.3 Å². The van der Waals surface area contributed by atoms with Crippen molar-refractivity contribution in [2.45, 2.75) is 6.92 Å². The Bertz CT molecular complexity index is 786. The predicted molar refractivity (Wildman–Crippen MR) is 73.2 cm³/mol. The zero-order valence-corrected chi connectivity index (χ0v) is 10.9. The van der Waals surface area contributed by atoms with E-state index < -0.39 is 16.7 Å². The summed E-state index contributed by atoms with van der Waals surface area (Å²) < 4.78 is 0. The molecule has 0 atom stereocenters. The summed E-state index contributed by atoms with van der Waals surface area (Å²) in [6, 6.07) is 5.84. The van der Waals surface area contributed by atoms with Gasteiger partial charge in [-0.05, 0) is 24.6 Å². The fraction of sp³-hybridized carbons (Fsp3) is 0.0714. The van der Waals surface area contributed by atoms with Crippen LogP contribution in [0.25, 0.3) is 0 Å². The molecule has 0 aliphatic carbocycles. The number of anilines is 1. The van der Waals surface area contributed by atoms with Gasteiger partial charge >= 0.3 is 0 Å². The Labute approximate surface area is 119 Å². The standard InChI is InChI=1S/C14H9N3O4/c1-8-4-5-10(17(20)21)12-11(8)13(18)16(14(12)19)9-3-2-6-15-7-9/h2-7H,1H3. The average molecular weight is 283 g/mol. The van der Waals surface area contributed by atoms with E-state index in [4.69, 9.17) is 0 Å². The van der Waals surface area contributed by atoms with Gasteiger partial charge in [-0.2, -0.15) is 0 Å². The lowest BCUT2D eigenvalue weighted by Crippen LogP contribution is -2.29. The highest BCUT2D eigenvalue weighted by molar-refractivity contribution is 6.36. The molecule has 104 valence electrons. The van der Waals surface area contributed by atoms with Crippen molar-refractivity contribution in [3.8, 4) is 0 Å². The molecule has 2 amide bonds. The van der Waals surface area contributed by atoms with Crippen LogP contribution in [0.2, 0.25) is 0 Å². The van der Waals surface area contributed by atoms with Gasteiger partial charge < -0.3 is 0 Å². The number of fused-ring (bicyclic) bond motifs is 1. The van der Waals surface area contributed by atoms with Gasteiger partial charge in [0.2, 0.25) is 0 Å². The zero-order chi connectivity index (χ0) is 15.1. The van der Waals surface area contributed by atoms with Crippen LogP contribution in [-0.4, -0.2) is 21.7 Å². The molecule has 3 rings (SSSR count). The highest BCUT2D eigenvalue weighted by atomic mass is 16.6. The molecule has 0 fully saturated rings. The van der Waals surface area contributed by atoms with Crippen molar-refractivity contribution in [3.05, 3.63) is 63.5 Å². The smallest absolute Gasteiger partial charge is 0.268 e. The molecule has 2 aromatic rings. The van der Waals surface area contributed by atoms with Crippen LogP contribution in [-0.2, 0) is 0 Å². The van der Waals surface area contributed by atoms with E-state index in [2.05, 4.69) is 4.98 Å². The lowest BCUT2D eigenvalue weighted by atomic mass is 10.0. The van der Waals surface area contributed by atoms with Crippen molar-refractivity contribution in [2.75, 3.05) is 4.90 Å². The Morgan fingerprint density at radius 2 is 1.86 bits per heavy atom. The number of nitro benzene ring substituents is 1. The minimum absolute atomic E-state index is 0.0815. The van der Waals surface area contributed by atoms with Gasteiger partial charge in [0.05, 0.1) is 22.4 Å². The molecule has 0 radical (unpaired) electrons. The molecule has 7 nitrogen and oxygen atoms in total. The first-order valence-electron chi connectivity index (χ1n) is 6.09. The summed E-state index contributed by atoms with van der Waals surface area (Å²) in [6.07, 6.45) is 2.87. The fourth-order valence-electron chi connectivity index (χ4n) is 2.38. The quantitative estimate of drug-likeness (QED) is 0.478. The van der Waals surface area contributed by atoms with Crippen molar-refractivity contribution in [3.63, 3.8) is 0 Å². The summed E-state index contributed by atoms with van der Waals surface area (Å²) in [4.78, 5) is 40.1. The van der Waals surface area contributed by atoms with Crippen molar-refractivity contribution >= 4 is 23.2 Å². The van der Waals surface area contributed by atoms with E-state index in [1.54, 1.807) is 19.1 Å². The molecule has 0 N–H and O–H groups in total. The van der Waals surface area contributed by atoms with Crippen LogP contribution in [0.5, 0.6) is 0 Å². The monoisotopic (exact) mass is 283 g/mol. The van der Waals surface area contributed by atoms with Crippen LogP contribution in [0.3, 0.4) is 0 Å². The van der Waals surface area contributed by atoms with Gasteiger partial charge in [0, 0.05) is 12.3 Å². The minimum Gasteiger partial charge on any atom is -0.268 e. The first-order valence-corrected chi connectivity index (χ1v) is 6.09. The van der Waals surface area contributed by atoms with Crippen LogP contribution in [0.4, 0.5) is 11.4 Å². The number of nitro groups is 1. The lowest BCUT2D eigenvalue weighted by molar-refractivity contribution is -0.385. The summed E-state index contributed by atoms with van der Waals surface area (Å²) in [5.74, 6) is -1.26. The van der Waals surface area contributed by atoms with Crippen LogP contribution < -0.4 is 4.90 Å². The lowest BCUT2D eigenvalue weighted by Gasteiger charge is -2.12. The third-order valence-electron chi connectivity index (χ3n) is 3.33. The molecule has 7 heteroatoms. The molecule has 21 heavy (non-hydrogen) atoms. The second-order valence-electron chi connectivity index (χ2n) is 4.57. The molecule has 2 heterocycles. The first-order chi connectivity index (χ1) is 10.0. The van der Waals surface area contributed by atoms with Crippen LogP contribution in [0.15, 0.2) is 36.7 Å². The number of aromatic nitrogens is 1. The largest absolute Gasteiger partial charge is 0.283 e. The van der Waals surface area contributed by atoms with Gasteiger partial charge in [-0.25, -0.2) is 4.90 Å². The fourth-order valence-corrected chi connectivity index (χ4v) is 2.38. The second kappa shape index (κ2) is 4.48. The number of amides is 2. The van der Waals surface area contributed by atoms with E-state index >= 15 is 0 Å². The van der Waals surface area contributed by atoms with Crippen molar-refractivity contribution in [2.24, 2.45) is 0 Å². The maximum Gasteiger partial charge on any atom is 0.283 e. The second-order valence-corrected chi connectivity index (χ2v) is 4.57. The normalized spacial score (nSPS) is 13.5. The number of pyridine rings is 1. The number of nitrogens with zero attached hydrogens (tertiary/aromatic N) is 3. The molecule has 0 spiro atoms. The Morgan fingerprint density at radius 1 is 1.14 bits per heavy atom. The summed E-state index contributed by atoms with van der Waals surface area (Å²) in [5, 5.41) is 11.1. The number of hydrogen-bond acceptors (Lipinski definition) is 5. The number of imide groups is 1. The summed E-state index contributed by atoms with van der Waals surface area (Å²) in [7, 11) is 0. The van der Waals surface area contributed by atoms with E-state index in [1.165, 1.54) is 24.5 Å². The molecule has 0 saturated heterocycles. The maximum absolute atomic E-state index is 12.5. The Balaban J connectivity index is 2.24. The predicted octanol–water partition coefficient (Wildman–Crippen LogP) is 2.10. The van der Waals surface area contributed by atoms with Crippen molar-refractivity contribution in [1.29, 1.82) is 0 Å². The van der Waals surface area contributed by atoms with Crippen molar-refractivity contribution < 1.29 is 14.5 Å². The molecule has 0 saturated carbocycles. The molecule has 1 aromatic heterocycles. The van der Waals surface area contributed by atoms with Gasteiger partial charge in [-0.3, -0.25) is 24.7 Å². The van der Waals surface area contributed by atoms with Crippen LogP contribution in [0, 0.1) is 17.0 Å². The Morgan fingerprint density at radius 3 is 2.48 bits per heavy atom. The molecule has 1 aliphatic heterocycles. The molecule has 1 aliphatic rings.